The lowest BCUT2D eigenvalue weighted by atomic mass is 10.1. The number of nitrogens with zero attached hydrogens (tertiary/aromatic N) is 1. The first-order valence-electron chi connectivity index (χ1n) is 6.73. The minimum Gasteiger partial charge on any atom is -0.382 e. The van der Waals surface area contributed by atoms with Gasteiger partial charge >= 0.3 is 0 Å². The van der Waals surface area contributed by atoms with Crippen LogP contribution in [0.5, 0.6) is 0 Å². The van der Waals surface area contributed by atoms with E-state index >= 15 is 0 Å². The van der Waals surface area contributed by atoms with Crippen molar-refractivity contribution >= 4 is 17.4 Å². The molecule has 0 radical (unpaired) electrons. The van der Waals surface area contributed by atoms with E-state index in [9.17, 15) is 0 Å². The van der Waals surface area contributed by atoms with Crippen molar-refractivity contribution in [2.24, 2.45) is 0 Å². The summed E-state index contributed by atoms with van der Waals surface area (Å²) >= 11 is 2.08. The van der Waals surface area contributed by atoms with Crippen LogP contribution in [0, 0.1) is 6.92 Å². The molecule has 0 spiro atoms. The number of aryl methyl sites for hydroxylation is 1. The van der Waals surface area contributed by atoms with E-state index in [0.717, 1.165) is 6.54 Å². The van der Waals surface area contributed by atoms with E-state index in [1.165, 1.54) is 41.2 Å². The van der Waals surface area contributed by atoms with Crippen LogP contribution in [0.1, 0.15) is 24.0 Å². The summed E-state index contributed by atoms with van der Waals surface area (Å²) in [5.74, 6) is 2.60. The molecule has 1 saturated heterocycles. The fraction of sp³-hybridized carbons (Fsp3) is 0.600. The Morgan fingerprint density at radius 1 is 1.28 bits per heavy atom. The van der Waals surface area contributed by atoms with Gasteiger partial charge in [0.1, 0.15) is 0 Å². The van der Waals surface area contributed by atoms with Gasteiger partial charge < -0.3 is 10.2 Å². The molecular formula is C15H24N2S. The highest BCUT2D eigenvalue weighted by atomic mass is 32.2. The molecule has 1 fully saturated rings. The maximum Gasteiger partial charge on any atom is 0.0375 e. The fourth-order valence-electron chi connectivity index (χ4n) is 2.35. The minimum atomic E-state index is 0.666. The third-order valence-electron chi connectivity index (χ3n) is 3.38. The number of hydrogen-bond donors (Lipinski definition) is 1. The molecule has 1 heterocycles. The maximum atomic E-state index is 3.73. The summed E-state index contributed by atoms with van der Waals surface area (Å²) in [4.78, 5) is 2.21. The predicted molar refractivity (Wildman–Crippen MR) is 82.5 cm³/mol. The van der Waals surface area contributed by atoms with Gasteiger partial charge in [0.25, 0.3) is 0 Å². The zero-order valence-electron chi connectivity index (χ0n) is 11.7. The van der Waals surface area contributed by atoms with Crippen LogP contribution in [-0.4, -0.2) is 36.5 Å². The van der Waals surface area contributed by atoms with Crippen molar-refractivity contribution < 1.29 is 0 Å². The largest absolute Gasteiger partial charge is 0.382 e. The van der Waals surface area contributed by atoms with E-state index in [-0.39, 0.29) is 0 Å². The first-order valence-corrected chi connectivity index (χ1v) is 7.89. The summed E-state index contributed by atoms with van der Waals surface area (Å²) in [6.45, 7) is 3.20. The predicted octanol–water partition coefficient (Wildman–Crippen LogP) is 3.36. The van der Waals surface area contributed by atoms with Crippen molar-refractivity contribution in [3.63, 3.8) is 0 Å². The monoisotopic (exact) mass is 264 g/mol. The highest BCUT2D eigenvalue weighted by molar-refractivity contribution is 7.99. The molecule has 100 valence electrons. The van der Waals surface area contributed by atoms with Crippen molar-refractivity contribution in [3.05, 3.63) is 29.3 Å². The minimum absolute atomic E-state index is 0.666. The fourth-order valence-corrected chi connectivity index (χ4v) is 3.46. The molecule has 1 aromatic carbocycles. The number of anilines is 1. The summed E-state index contributed by atoms with van der Waals surface area (Å²) in [6.07, 6.45) is 2.59. The van der Waals surface area contributed by atoms with Crippen LogP contribution in [0.15, 0.2) is 18.2 Å². The van der Waals surface area contributed by atoms with Crippen LogP contribution in [0.4, 0.5) is 5.69 Å². The molecule has 18 heavy (non-hydrogen) atoms. The van der Waals surface area contributed by atoms with Gasteiger partial charge in [-0.3, -0.25) is 0 Å². The molecule has 2 rings (SSSR count). The van der Waals surface area contributed by atoms with Crippen molar-refractivity contribution in [1.82, 2.24) is 4.90 Å². The highest BCUT2D eigenvalue weighted by Crippen LogP contribution is 2.24. The van der Waals surface area contributed by atoms with Crippen molar-refractivity contribution in [2.75, 3.05) is 30.9 Å². The van der Waals surface area contributed by atoms with E-state index in [4.69, 9.17) is 0 Å². The number of hydrogen-bond acceptors (Lipinski definition) is 3. The van der Waals surface area contributed by atoms with Gasteiger partial charge in [0.05, 0.1) is 0 Å². The number of benzene rings is 1. The normalized spacial score (nSPS) is 17.1. The first-order chi connectivity index (χ1) is 8.65. The van der Waals surface area contributed by atoms with Gasteiger partial charge in [-0.2, -0.15) is 11.8 Å². The lowest BCUT2D eigenvalue weighted by Crippen LogP contribution is -2.25. The van der Waals surface area contributed by atoms with Gasteiger partial charge in [0.2, 0.25) is 0 Å². The average molecular weight is 264 g/mol. The molecule has 1 aromatic rings. The van der Waals surface area contributed by atoms with E-state index in [1.54, 1.807) is 0 Å². The Balaban J connectivity index is 2.05. The second-order valence-electron chi connectivity index (χ2n) is 5.42. The Hall–Kier alpha value is -0.670. The van der Waals surface area contributed by atoms with Gasteiger partial charge in [0.15, 0.2) is 0 Å². The van der Waals surface area contributed by atoms with Gasteiger partial charge in [0, 0.05) is 18.3 Å². The van der Waals surface area contributed by atoms with E-state index in [0.29, 0.717) is 6.04 Å². The molecule has 0 amide bonds. The zero-order chi connectivity index (χ0) is 13.0. The van der Waals surface area contributed by atoms with Crippen LogP contribution in [0.3, 0.4) is 0 Å². The Bertz CT molecular complexity index is 384. The summed E-state index contributed by atoms with van der Waals surface area (Å²) < 4.78 is 0. The number of rotatable bonds is 4. The molecule has 0 saturated carbocycles. The molecule has 1 aliphatic rings. The van der Waals surface area contributed by atoms with Crippen LogP contribution in [-0.2, 0) is 6.54 Å². The molecule has 1 aliphatic heterocycles. The first kappa shape index (κ1) is 13.8. The zero-order valence-corrected chi connectivity index (χ0v) is 12.5. The quantitative estimate of drug-likeness (QED) is 0.897. The summed E-state index contributed by atoms with van der Waals surface area (Å²) in [5.41, 5.74) is 4.07. The van der Waals surface area contributed by atoms with Crippen LogP contribution in [0.2, 0.25) is 0 Å². The average Bonchev–Trinajstić information content (AvgIpc) is 2.34. The standard InChI is InChI=1S/C15H24N2S/c1-12-4-5-13(11-17(2)3)10-15(12)16-14-6-8-18-9-7-14/h4-5,10,14,16H,6-9,11H2,1-3H3. The second kappa shape index (κ2) is 6.48. The molecule has 0 bridgehead atoms. The third kappa shape index (κ3) is 3.92. The third-order valence-corrected chi connectivity index (χ3v) is 4.43. The SMILES string of the molecule is Cc1ccc(CN(C)C)cc1NC1CCSCC1. The molecular weight excluding hydrogens is 240 g/mol. The molecule has 0 aromatic heterocycles. The summed E-state index contributed by atoms with van der Waals surface area (Å²) in [5, 5.41) is 3.73. The van der Waals surface area contributed by atoms with E-state index < -0.39 is 0 Å². The van der Waals surface area contributed by atoms with Crippen LogP contribution in [0.25, 0.3) is 0 Å². The smallest absolute Gasteiger partial charge is 0.0375 e. The lowest BCUT2D eigenvalue weighted by molar-refractivity contribution is 0.402. The summed E-state index contributed by atoms with van der Waals surface area (Å²) in [7, 11) is 4.23. The molecule has 1 N–H and O–H groups in total. The molecule has 2 nitrogen and oxygen atoms in total. The molecule has 0 atom stereocenters. The number of thioether (sulfide) groups is 1. The van der Waals surface area contributed by atoms with Gasteiger partial charge in [-0.25, -0.2) is 0 Å². The summed E-state index contributed by atoms with van der Waals surface area (Å²) in [6, 6.07) is 7.45. The second-order valence-corrected chi connectivity index (χ2v) is 6.64. The van der Waals surface area contributed by atoms with Gasteiger partial charge in [-0.15, -0.1) is 0 Å². The van der Waals surface area contributed by atoms with E-state index in [1.807, 2.05) is 0 Å². The van der Waals surface area contributed by atoms with Gasteiger partial charge in [-0.05, 0) is 62.6 Å². The lowest BCUT2D eigenvalue weighted by Gasteiger charge is -2.25. The Morgan fingerprint density at radius 3 is 2.67 bits per heavy atom. The highest BCUT2D eigenvalue weighted by Gasteiger charge is 2.14. The molecule has 3 heteroatoms. The van der Waals surface area contributed by atoms with Gasteiger partial charge in [-0.1, -0.05) is 12.1 Å². The Morgan fingerprint density at radius 2 is 2.00 bits per heavy atom. The van der Waals surface area contributed by atoms with Crippen LogP contribution < -0.4 is 5.32 Å². The number of nitrogens with one attached hydrogen (secondary N) is 1. The van der Waals surface area contributed by atoms with Crippen molar-refractivity contribution in [3.8, 4) is 0 Å². The topological polar surface area (TPSA) is 15.3 Å². The Kier molecular flexibility index (Phi) is 4.95. The van der Waals surface area contributed by atoms with E-state index in [2.05, 4.69) is 61.2 Å². The van der Waals surface area contributed by atoms with Crippen LogP contribution >= 0.6 is 11.8 Å². The maximum absolute atomic E-state index is 3.73. The van der Waals surface area contributed by atoms with Crippen molar-refractivity contribution in [2.45, 2.75) is 32.4 Å². The molecule has 0 aliphatic carbocycles. The Labute approximate surface area is 115 Å². The van der Waals surface area contributed by atoms with Crippen molar-refractivity contribution in [1.29, 1.82) is 0 Å². The molecule has 0 unspecified atom stereocenters.